The summed E-state index contributed by atoms with van der Waals surface area (Å²) in [5.74, 6) is -1.89. The maximum Gasteiger partial charge on any atom is 0.303 e. The standard InChI is InChI=1S/C18H33NO5/c1-2-3-4-5-6-7-12-19(15-16-20,13-8-10-17(21)22)14-9-11-18(23)24/h2,20H,1,3-16H2,(H-,21,22,23,24). The summed E-state index contributed by atoms with van der Waals surface area (Å²) in [7, 11) is 0. The van der Waals surface area contributed by atoms with Crippen molar-refractivity contribution < 1.29 is 29.4 Å². The lowest BCUT2D eigenvalue weighted by molar-refractivity contribution is -0.929. The minimum Gasteiger partial charge on any atom is -0.550 e. The van der Waals surface area contributed by atoms with Crippen molar-refractivity contribution in [1.82, 2.24) is 0 Å². The number of rotatable bonds is 17. The van der Waals surface area contributed by atoms with Gasteiger partial charge in [0.15, 0.2) is 0 Å². The van der Waals surface area contributed by atoms with E-state index in [1.54, 1.807) is 0 Å². The SMILES string of the molecule is C=CCCCCCC[N+](CCO)(CCCC(=O)[O-])CCCC(=O)O. The van der Waals surface area contributed by atoms with Crippen LogP contribution in [0.25, 0.3) is 0 Å². The van der Waals surface area contributed by atoms with E-state index in [1.807, 2.05) is 6.08 Å². The summed E-state index contributed by atoms with van der Waals surface area (Å²) in [6, 6.07) is 0. The van der Waals surface area contributed by atoms with Crippen molar-refractivity contribution in [3.8, 4) is 0 Å². The first-order chi connectivity index (χ1) is 11.5. The molecule has 0 aromatic rings. The van der Waals surface area contributed by atoms with Gasteiger partial charge < -0.3 is 24.6 Å². The molecule has 1 unspecified atom stereocenters. The van der Waals surface area contributed by atoms with Gasteiger partial charge in [-0.25, -0.2) is 0 Å². The number of hydrogen-bond acceptors (Lipinski definition) is 4. The van der Waals surface area contributed by atoms with Crippen LogP contribution in [0.15, 0.2) is 12.7 Å². The van der Waals surface area contributed by atoms with Crippen LogP contribution >= 0.6 is 0 Å². The Balaban J connectivity index is 4.54. The highest BCUT2D eigenvalue weighted by molar-refractivity contribution is 5.66. The molecule has 6 heteroatoms. The average Bonchev–Trinajstić information content (AvgIpc) is 2.50. The zero-order chi connectivity index (χ0) is 18.3. The zero-order valence-corrected chi connectivity index (χ0v) is 14.8. The van der Waals surface area contributed by atoms with Crippen LogP contribution in [0.5, 0.6) is 0 Å². The Hall–Kier alpha value is -1.40. The molecule has 24 heavy (non-hydrogen) atoms. The molecule has 140 valence electrons. The number of carbonyl (C=O) groups excluding carboxylic acids is 1. The Morgan fingerprint density at radius 1 is 0.917 bits per heavy atom. The Kier molecular flexibility index (Phi) is 13.2. The lowest BCUT2D eigenvalue weighted by atomic mass is 10.1. The van der Waals surface area contributed by atoms with E-state index in [0.717, 1.165) is 38.6 Å². The predicted molar refractivity (Wildman–Crippen MR) is 91.2 cm³/mol. The second kappa shape index (κ2) is 14.0. The van der Waals surface area contributed by atoms with E-state index in [4.69, 9.17) is 5.11 Å². The van der Waals surface area contributed by atoms with Crippen molar-refractivity contribution >= 4 is 11.9 Å². The van der Waals surface area contributed by atoms with E-state index in [1.165, 1.54) is 0 Å². The molecule has 0 aliphatic carbocycles. The fourth-order valence-corrected chi connectivity index (χ4v) is 3.10. The van der Waals surface area contributed by atoms with Gasteiger partial charge in [-0.3, -0.25) is 4.79 Å². The van der Waals surface area contributed by atoms with Gasteiger partial charge in [-0.2, -0.15) is 0 Å². The lowest BCUT2D eigenvalue weighted by Crippen LogP contribution is -2.52. The third-order valence-electron chi connectivity index (χ3n) is 4.40. The molecule has 0 aromatic carbocycles. The summed E-state index contributed by atoms with van der Waals surface area (Å²) >= 11 is 0. The van der Waals surface area contributed by atoms with Crippen molar-refractivity contribution in [1.29, 1.82) is 0 Å². The number of carboxylic acid groups (broad SMARTS) is 2. The van der Waals surface area contributed by atoms with E-state index >= 15 is 0 Å². The Morgan fingerprint density at radius 3 is 2.04 bits per heavy atom. The highest BCUT2D eigenvalue weighted by Crippen LogP contribution is 2.16. The molecule has 0 heterocycles. The van der Waals surface area contributed by atoms with Crippen LogP contribution in [0.2, 0.25) is 0 Å². The highest BCUT2D eigenvalue weighted by atomic mass is 16.4. The van der Waals surface area contributed by atoms with E-state index < -0.39 is 11.9 Å². The lowest BCUT2D eigenvalue weighted by Gasteiger charge is -2.39. The van der Waals surface area contributed by atoms with Crippen LogP contribution in [-0.4, -0.2) is 59.4 Å². The minimum atomic E-state index is -1.06. The van der Waals surface area contributed by atoms with Gasteiger partial charge in [0.25, 0.3) is 0 Å². The first-order valence-electron chi connectivity index (χ1n) is 8.94. The van der Waals surface area contributed by atoms with Gasteiger partial charge in [-0.15, -0.1) is 6.58 Å². The van der Waals surface area contributed by atoms with E-state index in [9.17, 15) is 19.8 Å². The van der Waals surface area contributed by atoms with E-state index in [-0.39, 0.29) is 19.4 Å². The predicted octanol–water partition coefficient (Wildman–Crippen LogP) is 1.33. The molecular weight excluding hydrogens is 310 g/mol. The molecule has 0 radical (unpaired) electrons. The van der Waals surface area contributed by atoms with Crippen LogP contribution in [0.1, 0.15) is 57.8 Å². The van der Waals surface area contributed by atoms with Gasteiger partial charge in [0, 0.05) is 18.8 Å². The van der Waals surface area contributed by atoms with Gasteiger partial charge in [-0.1, -0.05) is 12.5 Å². The summed E-state index contributed by atoms with van der Waals surface area (Å²) in [6.45, 7) is 6.42. The molecule has 0 bridgehead atoms. The molecule has 0 aromatic heterocycles. The number of quaternary nitrogens is 1. The fourth-order valence-electron chi connectivity index (χ4n) is 3.10. The number of aliphatic hydroxyl groups excluding tert-OH is 1. The maximum absolute atomic E-state index is 10.8. The molecule has 0 aliphatic heterocycles. The molecule has 0 fully saturated rings. The van der Waals surface area contributed by atoms with Crippen LogP contribution in [-0.2, 0) is 9.59 Å². The fraction of sp³-hybridized carbons (Fsp3) is 0.778. The summed E-state index contributed by atoms with van der Waals surface area (Å²) in [5, 5.41) is 28.9. The van der Waals surface area contributed by atoms with Crippen LogP contribution in [0.3, 0.4) is 0 Å². The van der Waals surface area contributed by atoms with Gasteiger partial charge in [0.2, 0.25) is 0 Å². The van der Waals surface area contributed by atoms with Crippen LogP contribution < -0.4 is 5.11 Å². The summed E-state index contributed by atoms with van der Waals surface area (Å²) in [6.07, 6.45) is 8.39. The molecule has 2 N–H and O–H groups in total. The van der Waals surface area contributed by atoms with Gasteiger partial charge in [0.1, 0.15) is 6.54 Å². The average molecular weight is 343 g/mol. The number of allylic oxidation sites excluding steroid dienone is 1. The molecule has 0 rings (SSSR count). The molecular formula is C18H33NO5. The first-order valence-corrected chi connectivity index (χ1v) is 8.94. The number of aliphatic hydroxyl groups is 1. The van der Waals surface area contributed by atoms with Gasteiger partial charge in [0.05, 0.1) is 32.7 Å². The zero-order valence-electron chi connectivity index (χ0n) is 14.8. The van der Waals surface area contributed by atoms with Crippen molar-refractivity contribution in [3.63, 3.8) is 0 Å². The van der Waals surface area contributed by atoms with Crippen molar-refractivity contribution in [3.05, 3.63) is 12.7 Å². The maximum atomic E-state index is 10.8. The van der Waals surface area contributed by atoms with Gasteiger partial charge >= 0.3 is 5.97 Å². The summed E-state index contributed by atoms with van der Waals surface area (Å²) < 4.78 is 0.596. The molecule has 0 saturated carbocycles. The number of nitrogens with zero attached hydrogens (tertiary/aromatic N) is 1. The smallest absolute Gasteiger partial charge is 0.303 e. The molecule has 0 aliphatic rings. The second-order valence-electron chi connectivity index (χ2n) is 6.42. The number of hydrogen-bond donors (Lipinski definition) is 2. The molecule has 1 atom stereocenters. The van der Waals surface area contributed by atoms with E-state index in [0.29, 0.717) is 37.0 Å². The number of carboxylic acids is 2. The van der Waals surface area contributed by atoms with Crippen LogP contribution in [0, 0.1) is 0 Å². The second-order valence-corrected chi connectivity index (χ2v) is 6.42. The largest absolute Gasteiger partial charge is 0.550 e. The summed E-state index contributed by atoms with van der Waals surface area (Å²) in [5.41, 5.74) is 0. The molecule has 0 amide bonds. The number of aliphatic carboxylic acids is 2. The quantitative estimate of drug-likeness (QED) is 0.236. The highest BCUT2D eigenvalue weighted by Gasteiger charge is 2.26. The first kappa shape index (κ1) is 22.6. The van der Waals surface area contributed by atoms with E-state index in [2.05, 4.69) is 6.58 Å². The number of unbranched alkanes of at least 4 members (excludes halogenated alkanes) is 4. The molecule has 0 spiro atoms. The third-order valence-corrected chi connectivity index (χ3v) is 4.40. The number of carbonyl (C=O) groups is 2. The van der Waals surface area contributed by atoms with Crippen molar-refractivity contribution in [2.24, 2.45) is 0 Å². The minimum absolute atomic E-state index is 0.00366. The van der Waals surface area contributed by atoms with Crippen LogP contribution in [0.4, 0.5) is 0 Å². The van der Waals surface area contributed by atoms with Gasteiger partial charge in [-0.05, 0) is 32.1 Å². The molecule has 0 saturated heterocycles. The Morgan fingerprint density at radius 2 is 1.50 bits per heavy atom. The van der Waals surface area contributed by atoms with Crippen molar-refractivity contribution in [2.75, 3.05) is 32.8 Å². The Bertz CT molecular complexity index is 350. The normalized spacial score (nSPS) is 13.4. The van der Waals surface area contributed by atoms with Crippen molar-refractivity contribution in [2.45, 2.75) is 57.8 Å². The third kappa shape index (κ3) is 12.1. The topological polar surface area (TPSA) is 97.7 Å². The summed E-state index contributed by atoms with van der Waals surface area (Å²) in [4.78, 5) is 21.4. The Labute approximate surface area is 145 Å². The molecule has 6 nitrogen and oxygen atoms in total. The monoisotopic (exact) mass is 343 g/mol.